The van der Waals surface area contributed by atoms with Gasteiger partial charge in [0.1, 0.15) is 0 Å². The van der Waals surface area contributed by atoms with Gasteiger partial charge in [-0.2, -0.15) is 0 Å². The van der Waals surface area contributed by atoms with Crippen LogP contribution in [-0.4, -0.2) is 15.8 Å². The Bertz CT molecular complexity index is 282. The van der Waals surface area contributed by atoms with E-state index in [4.69, 9.17) is 10.4 Å². The summed E-state index contributed by atoms with van der Waals surface area (Å²) in [5.74, 6) is 0.637. The molecule has 15 heavy (non-hydrogen) atoms. The molecule has 2 N–H and O–H groups in total. The van der Waals surface area contributed by atoms with Crippen LogP contribution >= 0.6 is 0 Å². The second-order valence-electron chi connectivity index (χ2n) is 3.94. The molecule has 0 amide bonds. The lowest BCUT2D eigenvalue weighted by Crippen LogP contribution is -2.13. The van der Waals surface area contributed by atoms with Crippen LogP contribution in [0.4, 0.5) is 0 Å². The smallest absolute Gasteiger partial charge is 0.0987 e. The van der Waals surface area contributed by atoms with E-state index in [0.29, 0.717) is 5.92 Å². The van der Waals surface area contributed by atoms with Crippen LogP contribution in [0.5, 0.6) is 0 Å². The Balaban J connectivity index is 2.49. The molecular weight excluding hydrogens is 194 g/mol. The van der Waals surface area contributed by atoms with Gasteiger partial charge in [-0.3, -0.25) is 10.4 Å². The highest BCUT2D eigenvalue weighted by Crippen LogP contribution is 2.10. The fraction of sp³-hybridized carbons (Fsp3) is 0.455. The molecule has 0 aliphatic carbocycles. The average Bonchev–Trinajstić information content (AvgIpc) is 2.16. The average molecular weight is 211 g/mol. The van der Waals surface area contributed by atoms with Crippen molar-refractivity contribution in [1.29, 1.82) is 0 Å². The van der Waals surface area contributed by atoms with E-state index in [9.17, 15) is 0 Å². The molecule has 4 heteroatoms. The third-order valence-corrected chi connectivity index (χ3v) is 2.01. The molecule has 1 rings (SSSR count). The highest BCUT2D eigenvalue weighted by atomic mass is 17.1. The number of rotatable bonds is 5. The molecule has 0 aliphatic rings. The van der Waals surface area contributed by atoms with Gasteiger partial charge < -0.3 is 0 Å². The van der Waals surface area contributed by atoms with Crippen LogP contribution in [0, 0.1) is 5.92 Å². The van der Waals surface area contributed by atoms with Crippen LogP contribution in [0.1, 0.15) is 25.0 Å². The molecule has 0 aliphatic heterocycles. The molecule has 0 spiro atoms. The maximum absolute atomic E-state index is 8.35. The van der Waals surface area contributed by atoms with E-state index in [2.05, 4.69) is 18.7 Å². The van der Waals surface area contributed by atoms with E-state index >= 15 is 0 Å². The van der Waals surface area contributed by atoms with Crippen molar-refractivity contribution in [2.75, 3.05) is 0 Å². The number of nitrogens with zero attached hydrogens (tertiary/aromatic N) is 1. The molecule has 0 atom stereocenters. The van der Waals surface area contributed by atoms with Gasteiger partial charge in [-0.05, 0) is 23.5 Å². The Hall–Kier alpha value is -0.940. The van der Waals surface area contributed by atoms with Gasteiger partial charge in [-0.25, -0.2) is 4.84 Å². The van der Waals surface area contributed by atoms with Crippen molar-refractivity contribution in [2.45, 2.75) is 26.9 Å². The Morgan fingerprint density at radius 1 is 1.13 bits per heavy atom. The number of hydrogen-bond acceptors (Lipinski definition) is 4. The summed E-state index contributed by atoms with van der Waals surface area (Å²) in [7, 11) is 0. The largest absolute Gasteiger partial charge is 0.266 e. The van der Waals surface area contributed by atoms with Gasteiger partial charge in [0.15, 0.2) is 0 Å². The van der Waals surface area contributed by atoms with Crippen molar-refractivity contribution < 1.29 is 15.3 Å². The summed E-state index contributed by atoms with van der Waals surface area (Å²) in [6, 6.07) is 7.89. The second-order valence-corrected chi connectivity index (χ2v) is 3.94. The molecule has 4 nitrogen and oxygen atoms in total. The summed E-state index contributed by atoms with van der Waals surface area (Å²) in [6.07, 6.45) is 1.05. The van der Waals surface area contributed by atoms with Gasteiger partial charge in [0.25, 0.3) is 0 Å². The summed E-state index contributed by atoms with van der Waals surface area (Å²) < 4.78 is 0. The van der Waals surface area contributed by atoms with Crippen LogP contribution in [-0.2, 0) is 17.9 Å². The molecule has 0 saturated heterocycles. The van der Waals surface area contributed by atoms with Crippen LogP contribution in [0.25, 0.3) is 0 Å². The van der Waals surface area contributed by atoms with E-state index in [0.717, 1.165) is 12.0 Å². The minimum absolute atomic E-state index is 0.148. The molecule has 84 valence electrons. The fourth-order valence-corrected chi connectivity index (χ4v) is 1.38. The Kier molecular flexibility index (Phi) is 4.71. The maximum Gasteiger partial charge on any atom is 0.0987 e. The van der Waals surface area contributed by atoms with Crippen LogP contribution in [0.2, 0.25) is 0 Å². The maximum atomic E-state index is 8.35. The molecule has 0 radical (unpaired) electrons. The highest BCUT2D eigenvalue weighted by Gasteiger charge is 2.00. The van der Waals surface area contributed by atoms with Crippen molar-refractivity contribution in [3.05, 3.63) is 35.4 Å². The van der Waals surface area contributed by atoms with Gasteiger partial charge >= 0.3 is 0 Å². The van der Waals surface area contributed by atoms with Gasteiger partial charge in [-0.1, -0.05) is 38.1 Å². The zero-order valence-electron chi connectivity index (χ0n) is 9.05. The first-order valence-electron chi connectivity index (χ1n) is 4.96. The first-order valence-corrected chi connectivity index (χ1v) is 4.96. The lowest BCUT2D eigenvalue weighted by molar-refractivity contribution is -0.497. The van der Waals surface area contributed by atoms with E-state index in [1.807, 2.05) is 24.3 Å². The van der Waals surface area contributed by atoms with Crippen LogP contribution in [0.15, 0.2) is 24.3 Å². The standard InChI is InChI=1S/C11H17NO3/c1-9(2)7-10-3-5-11(6-4-10)8-15-12(13)14/h3-6,9,13-14H,7-8H2,1-2H3. The zero-order valence-corrected chi connectivity index (χ0v) is 9.05. The fourth-order valence-electron chi connectivity index (χ4n) is 1.38. The molecule has 0 saturated carbocycles. The normalized spacial score (nSPS) is 11.3. The lowest BCUT2D eigenvalue weighted by atomic mass is 10.0. The van der Waals surface area contributed by atoms with Gasteiger partial charge in [0.2, 0.25) is 0 Å². The van der Waals surface area contributed by atoms with Crippen molar-refractivity contribution in [2.24, 2.45) is 5.92 Å². The van der Waals surface area contributed by atoms with Gasteiger partial charge in [0.05, 0.1) is 12.0 Å². The minimum Gasteiger partial charge on any atom is -0.266 e. The Morgan fingerprint density at radius 3 is 2.13 bits per heavy atom. The second kappa shape index (κ2) is 5.82. The summed E-state index contributed by atoms with van der Waals surface area (Å²) >= 11 is 0. The van der Waals surface area contributed by atoms with Gasteiger partial charge in [0, 0.05) is 0 Å². The quantitative estimate of drug-likeness (QED) is 0.734. The summed E-state index contributed by atoms with van der Waals surface area (Å²) in [5, 5.41) is 16.4. The zero-order chi connectivity index (χ0) is 11.3. The third kappa shape index (κ3) is 4.90. The summed E-state index contributed by atoms with van der Waals surface area (Å²) in [4.78, 5) is 4.49. The van der Waals surface area contributed by atoms with Crippen molar-refractivity contribution in [3.63, 3.8) is 0 Å². The topological polar surface area (TPSA) is 52.9 Å². The molecular formula is C11H17NO3. The van der Waals surface area contributed by atoms with Crippen molar-refractivity contribution in [3.8, 4) is 0 Å². The number of hydrogen-bond donors (Lipinski definition) is 2. The van der Waals surface area contributed by atoms with E-state index in [-0.39, 0.29) is 12.0 Å². The molecule has 0 heterocycles. The molecule has 0 unspecified atom stereocenters. The Morgan fingerprint density at radius 2 is 1.67 bits per heavy atom. The first kappa shape index (κ1) is 12.1. The summed E-state index contributed by atoms with van der Waals surface area (Å²) in [5.41, 5.74) is 2.18. The van der Waals surface area contributed by atoms with Crippen LogP contribution < -0.4 is 0 Å². The highest BCUT2D eigenvalue weighted by molar-refractivity contribution is 5.22. The van der Waals surface area contributed by atoms with Crippen molar-refractivity contribution >= 4 is 0 Å². The van der Waals surface area contributed by atoms with Crippen LogP contribution in [0.3, 0.4) is 0 Å². The van der Waals surface area contributed by atoms with Gasteiger partial charge in [-0.15, -0.1) is 0 Å². The molecule has 0 bridgehead atoms. The first-order chi connectivity index (χ1) is 7.08. The molecule has 1 aromatic rings. The minimum atomic E-state index is -0.276. The van der Waals surface area contributed by atoms with E-state index < -0.39 is 0 Å². The summed E-state index contributed by atoms with van der Waals surface area (Å²) in [6.45, 7) is 4.49. The predicted octanol–water partition coefficient (Wildman–Crippen LogP) is 2.40. The SMILES string of the molecule is CC(C)Cc1ccc(CON(O)O)cc1. The third-order valence-electron chi connectivity index (χ3n) is 2.01. The van der Waals surface area contributed by atoms with E-state index in [1.54, 1.807) is 0 Å². The predicted molar refractivity (Wildman–Crippen MR) is 55.2 cm³/mol. The molecule has 0 fully saturated rings. The van der Waals surface area contributed by atoms with E-state index in [1.165, 1.54) is 5.56 Å². The van der Waals surface area contributed by atoms with Crippen molar-refractivity contribution in [1.82, 2.24) is 5.39 Å². The molecule has 0 aromatic heterocycles. The molecule has 1 aromatic carbocycles. The Labute approximate surface area is 89.6 Å². The monoisotopic (exact) mass is 211 g/mol. The number of benzene rings is 1. The lowest BCUT2D eigenvalue weighted by Gasteiger charge is -2.08.